The van der Waals surface area contributed by atoms with Gasteiger partial charge in [0.2, 0.25) is 100 Å². The van der Waals surface area contributed by atoms with Crippen molar-refractivity contribution in [2.45, 2.75) is 230 Å². The van der Waals surface area contributed by atoms with Crippen LogP contribution in [0.2, 0.25) is 0 Å². The second kappa shape index (κ2) is 56.3. The molecule has 1 fully saturated rings. The average molecular weight is 1960 g/mol. The lowest BCUT2D eigenvalue weighted by atomic mass is 9.98. The van der Waals surface area contributed by atoms with Crippen LogP contribution in [0.1, 0.15) is 137 Å². The number of H-pyrrole nitrogens is 2. The quantitative estimate of drug-likeness (QED) is 0.00577. The van der Waals surface area contributed by atoms with Crippen molar-refractivity contribution in [1.29, 1.82) is 5.41 Å². The molecule has 15 atom stereocenters. The van der Waals surface area contributed by atoms with Crippen LogP contribution in [0.4, 0.5) is 0 Å². The number of para-hydroxylation sites is 2. The topological polar surface area (TPSA) is 722 Å². The maximum absolute atomic E-state index is 15.3. The van der Waals surface area contributed by atoms with Crippen LogP contribution in [0.25, 0.3) is 21.8 Å². The van der Waals surface area contributed by atoms with E-state index in [-0.39, 0.29) is 81.8 Å². The van der Waals surface area contributed by atoms with E-state index in [1.54, 1.807) is 80.2 Å². The number of aliphatic hydroxyl groups is 1. The number of aromatic nitrogens is 4. The molecule has 6 rings (SSSR count). The molecule has 1 saturated heterocycles. The van der Waals surface area contributed by atoms with Gasteiger partial charge in [-0.25, -0.2) is 4.98 Å². The summed E-state index contributed by atoms with van der Waals surface area (Å²) in [5.41, 5.74) is 18.9. The Morgan fingerprint density at radius 3 is 1.89 bits per heavy atom. The van der Waals surface area contributed by atoms with Crippen LogP contribution in [0.3, 0.4) is 0 Å². The summed E-state index contributed by atoms with van der Waals surface area (Å²) in [6.45, 7) is 16.9. The number of guanidine groups is 1. The number of carboxylic acids is 1. The van der Waals surface area contributed by atoms with Gasteiger partial charge >= 0.3 is 5.97 Å². The van der Waals surface area contributed by atoms with Crippen molar-refractivity contribution >= 4 is 156 Å². The number of rotatable bonds is 40. The van der Waals surface area contributed by atoms with E-state index in [0.717, 1.165) is 34.9 Å². The van der Waals surface area contributed by atoms with Gasteiger partial charge in [0.15, 0.2) is 5.96 Å². The number of nitrogens with two attached hydrogens (primary N) is 3. The fraction of sp³-hybridized carbons (Fsp3) is 0.545. The molecular weight excluding hydrogens is 1820 g/mol. The number of carboxylic acid groups (broad SMARTS) is 1. The third-order valence-corrected chi connectivity index (χ3v) is 24.1. The number of unbranched alkanes of at least 4 members (excludes halogenated alkanes) is 1. The van der Waals surface area contributed by atoms with Crippen molar-refractivity contribution in [3.63, 3.8) is 0 Å². The third kappa shape index (κ3) is 38.8. The summed E-state index contributed by atoms with van der Waals surface area (Å²) in [6.07, 6.45) is 2.09. The van der Waals surface area contributed by atoms with Crippen LogP contribution in [0.15, 0.2) is 85.6 Å². The van der Waals surface area contributed by atoms with E-state index in [9.17, 15) is 72.5 Å². The zero-order valence-corrected chi connectivity index (χ0v) is 80.0. The number of carbonyl (C=O) groups is 18. The zero-order valence-electron chi connectivity index (χ0n) is 78.4. The summed E-state index contributed by atoms with van der Waals surface area (Å²) >= 11 is 0. The standard InChI is InChI=1S/C88H131N25O22S2/c1-12-47(4)72(101-50(7)115)86(133)110-65-44-137-136-43-64(83(130)112-73(49(6)114)84(131)94-30-31-134-32-33-135-42-69(118)102-57(74(90)121)23-17-18-29-99-88(8,9)10)109-77(124)58(24-19-28-95-87(91)92)103-80(127)62(36-53-39-93-45-98-53)105-75(122)48(5)100-68(117)40-97-76(123)60(34-51-38-96-56-22-15-13-20-54(51)56)106-81(128)63(37-70(119)120)107-78(125)59(26-27-67(89)116)104-79(126)61(108-85(132)71(46(2)3)111-82(65)129)35-52-41-113(11)66-25-16-14-21-55(52)66/h13-16,20-22,25,38-39,41,45,47-49,57-65,71-73,96,99,114H,2,12,17-19,23-24,26-37,40,42-44H2,1,3-11H3,(H2,89,116)(H2,90,121)(H,93,98)(H,94,131)(H,97,123)(H,100,117)(H,101,115)(H,102,118)(H,103,127)(H,104,126)(H,105,122)(H,106,128)(H,107,125)(H,108,132)(H,109,124)(H,110,133)(H,111,129)(H,112,130)(H,119,120)(H4,91,92,95)/t47-,48-,49+,57-,58-,59?,60-,61-,62-,63-,64-,65-,71-,72-,73-/m0/s1. The molecule has 0 saturated carbocycles. The Bertz CT molecular complexity index is 5040. The Balaban J connectivity index is 1.42. The van der Waals surface area contributed by atoms with Crippen molar-refractivity contribution in [3.05, 3.63) is 102 Å². The normalized spacial score (nSPS) is 21.0. The minimum atomic E-state index is -2.09. The van der Waals surface area contributed by atoms with E-state index in [1.165, 1.54) is 39.5 Å². The van der Waals surface area contributed by atoms with Gasteiger partial charge in [-0.15, -0.1) is 0 Å². The second-order valence-electron chi connectivity index (χ2n) is 34.2. The van der Waals surface area contributed by atoms with E-state index in [1.807, 2.05) is 20.8 Å². The fourth-order valence-electron chi connectivity index (χ4n) is 14.2. The number of aryl methyl sites for hydroxylation is 1. The van der Waals surface area contributed by atoms with Gasteiger partial charge in [0.05, 0.1) is 45.2 Å². The predicted molar refractivity (Wildman–Crippen MR) is 507 cm³/mol. The van der Waals surface area contributed by atoms with E-state index < -0.39 is 247 Å². The Morgan fingerprint density at radius 1 is 0.642 bits per heavy atom. The van der Waals surface area contributed by atoms with Crippen molar-refractivity contribution in [2.75, 3.05) is 64.1 Å². The molecule has 0 aliphatic carbocycles. The van der Waals surface area contributed by atoms with E-state index in [0.29, 0.717) is 58.7 Å². The number of hydrogen-bond acceptors (Lipinski definition) is 26. The monoisotopic (exact) mass is 1950 g/mol. The lowest BCUT2D eigenvalue weighted by Gasteiger charge is -2.29. The Labute approximate surface area is 799 Å². The highest BCUT2D eigenvalue weighted by molar-refractivity contribution is 8.76. The van der Waals surface area contributed by atoms with Crippen LogP contribution in [-0.2, 0) is 122 Å². The first-order valence-corrected chi connectivity index (χ1v) is 47.2. The highest BCUT2D eigenvalue weighted by Crippen LogP contribution is 2.27. The van der Waals surface area contributed by atoms with Crippen LogP contribution < -0.4 is 108 Å². The molecule has 5 aromatic rings. The van der Waals surface area contributed by atoms with Crippen LogP contribution in [0, 0.1) is 11.3 Å². The van der Waals surface area contributed by atoms with E-state index in [4.69, 9.17) is 32.1 Å². The minimum Gasteiger partial charge on any atom is -0.481 e. The molecule has 2 aromatic carbocycles. The van der Waals surface area contributed by atoms with Gasteiger partial charge < -0.3 is 142 Å². The van der Waals surface area contributed by atoms with Gasteiger partial charge in [0.25, 0.3) is 0 Å². The predicted octanol–water partition coefficient (Wildman–Crippen LogP) is -4.54. The van der Waals surface area contributed by atoms with Gasteiger partial charge in [-0.3, -0.25) is 91.7 Å². The van der Waals surface area contributed by atoms with E-state index >= 15 is 24.0 Å². The van der Waals surface area contributed by atoms with Crippen molar-refractivity contribution in [1.82, 2.24) is 110 Å². The first kappa shape index (κ1) is 112. The van der Waals surface area contributed by atoms with Crippen molar-refractivity contribution < 1.29 is 106 Å². The number of fused-ring (bicyclic) bond motifs is 2. The van der Waals surface area contributed by atoms with Gasteiger partial charge in [-0.2, -0.15) is 0 Å². The van der Waals surface area contributed by atoms with Gasteiger partial charge in [-0.05, 0) is 121 Å². The molecule has 49 heteroatoms. The molecule has 752 valence electrons. The summed E-state index contributed by atoms with van der Waals surface area (Å²) in [4.78, 5) is 265. The fourth-order valence-corrected chi connectivity index (χ4v) is 16.5. The average Bonchev–Trinajstić information content (AvgIpc) is 1.65. The summed E-state index contributed by atoms with van der Waals surface area (Å²) in [7, 11) is 3.27. The Kier molecular flexibility index (Phi) is 46.2. The zero-order chi connectivity index (χ0) is 101. The smallest absolute Gasteiger partial charge is 0.305 e. The summed E-state index contributed by atoms with van der Waals surface area (Å²) < 4.78 is 12.8. The molecule has 1 aliphatic heterocycles. The number of primary amides is 2. The number of carbonyl (C=O) groups excluding carboxylic acids is 17. The van der Waals surface area contributed by atoms with E-state index in [2.05, 4.69) is 112 Å². The molecule has 47 nitrogen and oxygen atoms in total. The summed E-state index contributed by atoms with van der Waals surface area (Å²) in [5.74, 6) is -21.0. The maximum atomic E-state index is 15.3. The highest BCUT2D eigenvalue weighted by Gasteiger charge is 2.40. The Hall–Kier alpha value is -13.3. The number of nitrogens with one attached hydrogen (secondary N) is 20. The molecule has 137 heavy (non-hydrogen) atoms. The summed E-state index contributed by atoms with van der Waals surface area (Å²) in [5, 5.41) is 74.4. The molecule has 17 amide bonds. The molecule has 0 spiro atoms. The number of aliphatic hydroxyl groups excluding tert-OH is 1. The number of benzene rings is 2. The SMILES string of the molecule is C=C(C)[C@@H]1NC(=O)[C@@H](NC(=O)[C@@H](NC(C)=O)[C@@H](C)CC)CSSC[C@@H](C(=O)N[C@H](C(=O)NCCOCCOCC(=O)N[C@@H](CCCCNC(C)(C)C)C(N)=O)[C@@H](C)O)NC(=O)[C@H](CCCNC(=N)N)NC(=O)[C@H](Cc2cnc[nH]2)NC(=O)[C@H](C)NC(=O)CNC(=O)[C@H](Cc2c[nH]c3ccccc23)NC(=O)[C@H](CC(=O)O)NC(=O)C(CCC(N)=O)NC(=O)[C@H](Cc2cn(C)c3ccccc23)NC1=O. The lowest BCUT2D eigenvalue weighted by molar-refractivity contribution is -0.141. The van der Waals surface area contributed by atoms with Crippen molar-refractivity contribution in [2.24, 2.45) is 30.2 Å². The number of hydrogen-bond donors (Lipinski definition) is 25. The second-order valence-corrected chi connectivity index (χ2v) is 36.8. The molecule has 1 aliphatic rings. The first-order valence-electron chi connectivity index (χ1n) is 44.7. The molecule has 0 radical (unpaired) electrons. The number of imidazole rings is 1. The Morgan fingerprint density at radius 2 is 1.25 bits per heavy atom. The van der Waals surface area contributed by atoms with Gasteiger partial charge in [0.1, 0.15) is 85.2 Å². The minimum absolute atomic E-state index is 0.0475. The van der Waals surface area contributed by atoms with Gasteiger partial charge in [-0.1, -0.05) is 84.8 Å². The first-order chi connectivity index (χ1) is 64.8. The number of nitrogens with zero attached hydrogens (tertiary/aromatic N) is 2. The molecule has 1 unspecified atom stereocenters. The highest BCUT2D eigenvalue weighted by atomic mass is 33.1. The lowest BCUT2D eigenvalue weighted by Crippen LogP contribution is -2.61. The van der Waals surface area contributed by atoms with Crippen LogP contribution in [0.5, 0.6) is 0 Å². The van der Waals surface area contributed by atoms with Gasteiger partial charge in [0, 0.05) is 116 Å². The largest absolute Gasteiger partial charge is 0.481 e. The number of amides is 17. The molecule has 0 bridgehead atoms. The summed E-state index contributed by atoms with van der Waals surface area (Å²) in [6, 6.07) is -7.98. The molecule has 28 N–H and O–H groups in total. The number of aromatic amines is 2. The number of aliphatic carboxylic acids is 1. The maximum Gasteiger partial charge on any atom is 0.305 e. The molecule has 3 aromatic heterocycles. The molecular formula is C88H131N25O22S2. The van der Waals surface area contributed by atoms with Crippen LogP contribution in [-0.4, -0.2) is 296 Å². The van der Waals surface area contributed by atoms with Crippen LogP contribution >= 0.6 is 21.6 Å². The van der Waals surface area contributed by atoms with Crippen molar-refractivity contribution in [3.8, 4) is 0 Å². The number of ether oxygens (including phenoxy) is 2. The molecule has 4 heterocycles. The third-order valence-electron chi connectivity index (χ3n) is 21.7.